The first-order valence-corrected chi connectivity index (χ1v) is 17.1. The fourth-order valence-corrected chi connectivity index (χ4v) is 6.28. The number of amides is 2. The van der Waals surface area contributed by atoms with Gasteiger partial charge in [0.05, 0.1) is 24.3 Å². The third-order valence-electron chi connectivity index (χ3n) is 7.17. The maximum absolute atomic E-state index is 13.2. The molecule has 44 heavy (non-hydrogen) atoms. The van der Waals surface area contributed by atoms with Crippen molar-refractivity contribution in [1.82, 2.24) is 0 Å². The molecule has 0 saturated carbocycles. The summed E-state index contributed by atoms with van der Waals surface area (Å²) in [6, 6.07) is 29.8. The summed E-state index contributed by atoms with van der Waals surface area (Å²) >= 11 is 0. The predicted molar refractivity (Wildman–Crippen MR) is 183 cm³/mol. The van der Waals surface area contributed by atoms with Crippen molar-refractivity contribution in [3.8, 4) is 11.5 Å². The average molecular weight is 629 g/mol. The maximum Gasteiger partial charge on any atom is 0.256 e. The zero-order valence-electron chi connectivity index (χ0n) is 25.7. The minimum Gasteiger partial charge on any atom is -0.493 e. The van der Waals surface area contributed by atoms with E-state index >= 15 is 0 Å². The van der Waals surface area contributed by atoms with E-state index in [4.69, 9.17) is 9.47 Å². The fraction of sp³-hybridized carbons (Fsp3) is 0.278. The van der Waals surface area contributed by atoms with Crippen LogP contribution in [0.25, 0.3) is 0 Å². The lowest BCUT2D eigenvalue weighted by Crippen LogP contribution is -2.13. The van der Waals surface area contributed by atoms with Crippen LogP contribution in [0.4, 0.5) is 11.4 Å². The van der Waals surface area contributed by atoms with Crippen LogP contribution in [0.15, 0.2) is 107 Å². The molecular weight excluding hydrogens is 589 g/mol. The summed E-state index contributed by atoms with van der Waals surface area (Å²) in [4.78, 5) is 28.1. The molecule has 2 amide bonds. The second kappa shape index (κ2) is 16.8. The molecular formula is C36H40N2O4S2. The van der Waals surface area contributed by atoms with E-state index < -0.39 is 0 Å². The minimum absolute atomic E-state index is 0.204. The number of carbonyl (C=O) groups is 2. The Kier molecular flexibility index (Phi) is 12.6. The van der Waals surface area contributed by atoms with Crippen molar-refractivity contribution in [2.24, 2.45) is 11.8 Å². The van der Waals surface area contributed by atoms with Crippen molar-refractivity contribution < 1.29 is 19.1 Å². The van der Waals surface area contributed by atoms with Crippen molar-refractivity contribution in [1.29, 1.82) is 0 Å². The molecule has 2 atom stereocenters. The van der Waals surface area contributed by atoms with Gasteiger partial charge in [0, 0.05) is 21.2 Å². The van der Waals surface area contributed by atoms with E-state index in [1.54, 1.807) is 12.1 Å². The summed E-state index contributed by atoms with van der Waals surface area (Å²) in [5, 5.41) is 5.97. The van der Waals surface area contributed by atoms with Crippen molar-refractivity contribution >= 4 is 44.8 Å². The number of ether oxygens (including phenoxy) is 2. The summed E-state index contributed by atoms with van der Waals surface area (Å²) < 4.78 is 11.7. The Balaban J connectivity index is 1.37. The maximum atomic E-state index is 13.2. The van der Waals surface area contributed by atoms with Crippen molar-refractivity contribution in [3.05, 3.63) is 108 Å². The molecule has 2 unspecified atom stereocenters. The van der Waals surface area contributed by atoms with Gasteiger partial charge >= 0.3 is 0 Å². The summed E-state index contributed by atoms with van der Waals surface area (Å²) in [7, 11) is 2.88. The molecule has 6 nitrogen and oxygen atoms in total. The van der Waals surface area contributed by atoms with Gasteiger partial charge in [-0.25, -0.2) is 0 Å². The van der Waals surface area contributed by atoms with Gasteiger partial charge in [0.25, 0.3) is 11.8 Å². The van der Waals surface area contributed by atoms with E-state index in [9.17, 15) is 9.59 Å². The van der Waals surface area contributed by atoms with Gasteiger partial charge < -0.3 is 20.1 Å². The lowest BCUT2D eigenvalue weighted by Gasteiger charge is -2.13. The first-order valence-electron chi connectivity index (χ1n) is 15.0. The molecule has 0 aliphatic rings. The Morgan fingerprint density at radius 3 is 1.32 bits per heavy atom. The summed E-state index contributed by atoms with van der Waals surface area (Å²) in [5.74, 6) is 2.12. The second-order valence-electron chi connectivity index (χ2n) is 10.8. The van der Waals surface area contributed by atoms with Crippen LogP contribution in [-0.4, -0.2) is 25.0 Å². The SMILES string of the molecule is CCC(C)COc1ccc(NC(=O)c2ccccc2SSc2ccccc2C(=O)Nc2ccc(OCC(C)CC)cc2)cc1. The predicted octanol–water partition coefficient (Wildman–Crippen LogP) is 9.84. The molecule has 0 bridgehead atoms. The first-order chi connectivity index (χ1) is 21.4. The van der Waals surface area contributed by atoms with E-state index in [0.717, 1.165) is 34.1 Å². The average Bonchev–Trinajstić information content (AvgIpc) is 3.06. The Morgan fingerprint density at radius 2 is 0.955 bits per heavy atom. The van der Waals surface area contributed by atoms with Crippen molar-refractivity contribution in [3.63, 3.8) is 0 Å². The van der Waals surface area contributed by atoms with E-state index in [-0.39, 0.29) is 11.8 Å². The molecule has 0 spiro atoms. The number of rotatable bonds is 15. The van der Waals surface area contributed by atoms with Gasteiger partial charge in [-0.2, -0.15) is 0 Å². The molecule has 8 heteroatoms. The minimum atomic E-state index is -0.204. The van der Waals surface area contributed by atoms with Gasteiger partial charge in [-0.15, -0.1) is 0 Å². The van der Waals surface area contributed by atoms with Crippen LogP contribution >= 0.6 is 21.6 Å². The van der Waals surface area contributed by atoms with Gasteiger partial charge in [0.15, 0.2) is 0 Å². The zero-order chi connectivity index (χ0) is 31.3. The Bertz CT molecular complexity index is 1390. The lowest BCUT2D eigenvalue weighted by molar-refractivity contribution is 0.101. The quantitative estimate of drug-likeness (QED) is 0.128. The normalized spacial score (nSPS) is 12.2. The number of nitrogens with one attached hydrogen (secondary N) is 2. The van der Waals surface area contributed by atoms with Gasteiger partial charge in [0.2, 0.25) is 0 Å². The third kappa shape index (κ3) is 9.82. The van der Waals surface area contributed by atoms with E-state index in [0.29, 0.717) is 47.6 Å². The molecule has 4 rings (SSSR count). The summed E-state index contributed by atoms with van der Waals surface area (Å²) in [6.45, 7) is 9.92. The van der Waals surface area contributed by atoms with Crippen LogP contribution in [0, 0.1) is 11.8 Å². The molecule has 0 aliphatic heterocycles. The molecule has 0 aliphatic carbocycles. The van der Waals surface area contributed by atoms with Gasteiger partial charge in [-0.3, -0.25) is 9.59 Å². The molecule has 0 saturated heterocycles. The Hall–Kier alpha value is -3.88. The Morgan fingerprint density at radius 1 is 0.591 bits per heavy atom. The number of hydrogen-bond acceptors (Lipinski definition) is 6. The van der Waals surface area contributed by atoms with Crippen LogP contribution in [0.5, 0.6) is 11.5 Å². The standard InChI is InChI=1S/C36H40N2O4S2/c1-5-25(3)23-41-29-19-15-27(16-20-29)37-35(39)31-11-7-9-13-33(31)43-44-34-14-10-8-12-32(34)36(40)38-28-17-21-30(22-18-28)42-24-26(4)6-2/h7-22,25-26H,5-6,23-24H2,1-4H3,(H,37,39)(H,38,40). The third-order valence-corrected chi connectivity index (χ3v) is 9.65. The first kappa shape index (κ1) is 33.0. The highest BCUT2D eigenvalue weighted by atomic mass is 33.1. The zero-order valence-corrected chi connectivity index (χ0v) is 27.3. The van der Waals surface area contributed by atoms with Crippen molar-refractivity contribution in [2.75, 3.05) is 23.8 Å². The van der Waals surface area contributed by atoms with E-state index in [1.165, 1.54) is 21.6 Å². The highest BCUT2D eigenvalue weighted by Crippen LogP contribution is 2.41. The lowest BCUT2D eigenvalue weighted by atomic mass is 10.1. The Labute approximate surface area is 268 Å². The molecule has 0 heterocycles. The molecule has 2 N–H and O–H groups in total. The molecule has 230 valence electrons. The molecule has 4 aromatic carbocycles. The second-order valence-corrected chi connectivity index (χ2v) is 13.0. The van der Waals surface area contributed by atoms with Gasteiger partial charge in [0.1, 0.15) is 11.5 Å². The van der Waals surface area contributed by atoms with Crippen LogP contribution < -0.4 is 20.1 Å². The topological polar surface area (TPSA) is 76.7 Å². The number of hydrogen-bond donors (Lipinski definition) is 2. The summed E-state index contributed by atoms with van der Waals surface area (Å²) in [6.07, 6.45) is 2.12. The highest BCUT2D eigenvalue weighted by molar-refractivity contribution is 8.76. The van der Waals surface area contributed by atoms with Crippen LogP contribution in [0.3, 0.4) is 0 Å². The molecule has 0 fully saturated rings. The van der Waals surface area contributed by atoms with E-state index in [2.05, 4.69) is 38.3 Å². The highest BCUT2D eigenvalue weighted by Gasteiger charge is 2.16. The monoisotopic (exact) mass is 628 g/mol. The molecule has 4 aromatic rings. The van der Waals surface area contributed by atoms with E-state index in [1.807, 2.05) is 84.9 Å². The van der Waals surface area contributed by atoms with Gasteiger partial charge in [-0.1, -0.05) is 86.4 Å². The van der Waals surface area contributed by atoms with Crippen molar-refractivity contribution in [2.45, 2.75) is 50.3 Å². The summed E-state index contributed by atoms with van der Waals surface area (Å²) in [5.41, 5.74) is 2.49. The number of benzene rings is 4. The number of carbonyl (C=O) groups excluding carboxylic acids is 2. The van der Waals surface area contributed by atoms with Crippen LogP contribution in [0.2, 0.25) is 0 Å². The fourth-order valence-electron chi connectivity index (χ4n) is 3.92. The van der Waals surface area contributed by atoms with Crippen LogP contribution in [0.1, 0.15) is 61.3 Å². The largest absolute Gasteiger partial charge is 0.493 e. The number of anilines is 2. The molecule has 0 aromatic heterocycles. The van der Waals surface area contributed by atoms with Crippen LogP contribution in [-0.2, 0) is 0 Å². The smallest absolute Gasteiger partial charge is 0.256 e. The van der Waals surface area contributed by atoms with Gasteiger partial charge in [-0.05, 0) is 84.6 Å². The molecule has 0 radical (unpaired) electrons.